The van der Waals surface area contributed by atoms with E-state index in [1.54, 1.807) is 0 Å². The van der Waals surface area contributed by atoms with E-state index in [0.29, 0.717) is 6.04 Å². The van der Waals surface area contributed by atoms with Crippen molar-refractivity contribution in [1.29, 1.82) is 0 Å². The Morgan fingerprint density at radius 2 is 1.86 bits per heavy atom. The van der Waals surface area contributed by atoms with E-state index in [4.69, 9.17) is 0 Å². The first-order chi connectivity index (χ1) is 10.2. The number of hydrogen-bond donors (Lipinski definition) is 1. The van der Waals surface area contributed by atoms with Crippen LogP contribution >= 0.6 is 15.9 Å². The fraction of sp³-hybridized carbons (Fsp3) is 0.368. The molecule has 112 valence electrons. The van der Waals surface area contributed by atoms with Crippen LogP contribution in [-0.2, 0) is 12.8 Å². The van der Waals surface area contributed by atoms with Crippen molar-refractivity contribution in [3.63, 3.8) is 0 Å². The second-order valence-corrected chi connectivity index (χ2v) is 6.49. The number of rotatable bonds is 7. The number of aryl methyl sites for hydroxylation is 1. The SMILES string of the molecule is CCCNC(Cc1cccc(C)c1)Cc1ccccc1Br. The molecule has 0 aliphatic heterocycles. The minimum Gasteiger partial charge on any atom is -0.313 e. The van der Waals surface area contributed by atoms with Gasteiger partial charge in [-0.15, -0.1) is 0 Å². The second kappa shape index (κ2) is 8.35. The summed E-state index contributed by atoms with van der Waals surface area (Å²) in [5, 5.41) is 3.69. The Kier molecular flexibility index (Phi) is 6.47. The summed E-state index contributed by atoms with van der Waals surface area (Å²) in [6, 6.07) is 17.8. The van der Waals surface area contributed by atoms with E-state index in [2.05, 4.69) is 83.6 Å². The molecule has 0 heterocycles. The molecule has 0 radical (unpaired) electrons. The molecule has 0 bridgehead atoms. The van der Waals surface area contributed by atoms with Crippen molar-refractivity contribution in [3.8, 4) is 0 Å². The number of benzene rings is 2. The summed E-state index contributed by atoms with van der Waals surface area (Å²) >= 11 is 3.66. The van der Waals surface area contributed by atoms with Crippen LogP contribution in [0.1, 0.15) is 30.0 Å². The fourth-order valence-corrected chi connectivity index (χ4v) is 3.06. The fourth-order valence-electron chi connectivity index (χ4n) is 2.62. The molecule has 0 spiro atoms. The average Bonchev–Trinajstić information content (AvgIpc) is 2.47. The van der Waals surface area contributed by atoms with Crippen molar-refractivity contribution < 1.29 is 0 Å². The first-order valence-electron chi connectivity index (χ1n) is 7.71. The van der Waals surface area contributed by atoms with Crippen LogP contribution in [-0.4, -0.2) is 12.6 Å². The lowest BCUT2D eigenvalue weighted by molar-refractivity contribution is 0.504. The minimum absolute atomic E-state index is 0.477. The molecule has 2 heteroatoms. The molecule has 1 atom stereocenters. The zero-order valence-electron chi connectivity index (χ0n) is 12.9. The van der Waals surface area contributed by atoms with E-state index in [9.17, 15) is 0 Å². The predicted octanol–water partition coefficient (Wildman–Crippen LogP) is 4.91. The van der Waals surface area contributed by atoms with Crippen LogP contribution in [0.2, 0.25) is 0 Å². The van der Waals surface area contributed by atoms with Crippen LogP contribution in [0.3, 0.4) is 0 Å². The summed E-state index contributed by atoms with van der Waals surface area (Å²) in [5.74, 6) is 0. The van der Waals surface area contributed by atoms with Gasteiger partial charge in [0.05, 0.1) is 0 Å². The normalized spacial score (nSPS) is 12.3. The quantitative estimate of drug-likeness (QED) is 0.751. The maximum Gasteiger partial charge on any atom is 0.0207 e. The van der Waals surface area contributed by atoms with Gasteiger partial charge in [0.1, 0.15) is 0 Å². The van der Waals surface area contributed by atoms with Gasteiger partial charge in [-0.3, -0.25) is 0 Å². The highest BCUT2D eigenvalue weighted by Crippen LogP contribution is 2.19. The highest BCUT2D eigenvalue weighted by molar-refractivity contribution is 9.10. The summed E-state index contributed by atoms with van der Waals surface area (Å²) in [7, 11) is 0. The van der Waals surface area contributed by atoms with Crippen molar-refractivity contribution in [2.45, 2.75) is 39.2 Å². The van der Waals surface area contributed by atoms with Crippen molar-refractivity contribution in [2.75, 3.05) is 6.54 Å². The zero-order valence-corrected chi connectivity index (χ0v) is 14.5. The van der Waals surface area contributed by atoms with Crippen molar-refractivity contribution in [1.82, 2.24) is 5.32 Å². The van der Waals surface area contributed by atoms with Gasteiger partial charge in [0, 0.05) is 10.5 Å². The molecule has 2 aromatic carbocycles. The smallest absolute Gasteiger partial charge is 0.0207 e. The van der Waals surface area contributed by atoms with Gasteiger partial charge < -0.3 is 5.32 Å². The molecular formula is C19H24BrN. The molecular weight excluding hydrogens is 322 g/mol. The van der Waals surface area contributed by atoms with Gasteiger partial charge in [-0.2, -0.15) is 0 Å². The molecule has 1 unspecified atom stereocenters. The molecule has 21 heavy (non-hydrogen) atoms. The van der Waals surface area contributed by atoms with Crippen LogP contribution in [0, 0.1) is 6.92 Å². The molecule has 1 N–H and O–H groups in total. The first-order valence-corrected chi connectivity index (χ1v) is 8.50. The lowest BCUT2D eigenvalue weighted by Crippen LogP contribution is -2.34. The van der Waals surface area contributed by atoms with Crippen LogP contribution in [0.25, 0.3) is 0 Å². The average molecular weight is 346 g/mol. The molecule has 2 rings (SSSR count). The standard InChI is InChI=1S/C19H24BrN/c1-3-11-21-18(13-16-8-6-7-15(2)12-16)14-17-9-4-5-10-19(17)20/h4-10,12,18,21H,3,11,13-14H2,1-2H3. The number of hydrogen-bond acceptors (Lipinski definition) is 1. The summed E-state index contributed by atoms with van der Waals surface area (Å²) in [4.78, 5) is 0. The van der Waals surface area contributed by atoms with Gasteiger partial charge in [-0.05, 0) is 49.9 Å². The van der Waals surface area contributed by atoms with Crippen molar-refractivity contribution >= 4 is 15.9 Å². The topological polar surface area (TPSA) is 12.0 Å². The number of nitrogens with one attached hydrogen (secondary N) is 1. The van der Waals surface area contributed by atoms with Crippen molar-refractivity contribution in [2.24, 2.45) is 0 Å². The van der Waals surface area contributed by atoms with E-state index in [1.807, 2.05) is 0 Å². The minimum atomic E-state index is 0.477. The Labute approximate surface area is 136 Å². The third-order valence-electron chi connectivity index (χ3n) is 3.67. The monoisotopic (exact) mass is 345 g/mol. The maximum atomic E-state index is 3.69. The highest BCUT2D eigenvalue weighted by atomic mass is 79.9. The lowest BCUT2D eigenvalue weighted by Gasteiger charge is -2.20. The molecule has 0 aliphatic rings. The van der Waals surface area contributed by atoms with Gasteiger partial charge in [0.2, 0.25) is 0 Å². The molecule has 0 amide bonds. The molecule has 0 aromatic heterocycles. The van der Waals surface area contributed by atoms with E-state index in [-0.39, 0.29) is 0 Å². The zero-order chi connectivity index (χ0) is 15.1. The second-order valence-electron chi connectivity index (χ2n) is 5.64. The van der Waals surface area contributed by atoms with Crippen LogP contribution < -0.4 is 5.32 Å². The Balaban J connectivity index is 2.09. The van der Waals surface area contributed by atoms with Gasteiger partial charge in [-0.1, -0.05) is 70.9 Å². The van der Waals surface area contributed by atoms with E-state index < -0.39 is 0 Å². The largest absolute Gasteiger partial charge is 0.313 e. The lowest BCUT2D eigenvalue weighted by atomic mass is 9.98. The van der Waals surface area contributed by atoms with E-state index in [1.165, 1.54) is 27.6 Å². The van der Waals surface area contributed by atoms with Crippen LogP contribution in [0.15, 0.2) is 53.0 Å². The summed E-state index contributed by atoms with van der Waals surface area (Å²) < 4.78 is 1.21. The van der Waals surface area contributed by atoms with Crippen molar-refractivity contribution in [3.05, 3.63) is 69.7 Å². The van der Waals surface area contributed by atoms with Gasteiger partial charge >= 0.3 is 0 Å². The van der Waals surface area contributed by atoms with E-state index >= 15 is 0 Å². The Morgan fingerprint density at radius 1 is 1.05 bits per heavy atom. The Morgan fingerprint density at radius 3 is 2.57 bits per heavy atom. The molecule has 1 nitrogen and oxygen atoms in total. The maximum absolute atomic E-state index is 3.69. The molecule has 0 aliphatic carbocycles. The molecule has 0 saturated heterocycles. The van der Waals surface area contributed by atoms with Crippen LogP contribution in [0.4, 0.5) is 0 Å². The van der Waals surface area contributed by atoms with Gasteiger partial charge in [0.15, 0.2) is 0 Å². The summed E-state index contributed by atoms with van der Waals surface area (Å²) in [5.41, 5.74) is 4.12. The molecule has 0 fully saturated rings. The Bertz CT molecular complexity index is 565. The molecule has 0 saturated carbocycles. The van der Waals surface area contributed by atoms with Gasteiger partial charge in [-0.25, -0.2) is 0 Å². The van der Waals surface area contributed by atoms with E-state index in [0.717, 1.165) is 19.4 Å². The van der Waals surface area contributed by atoms with Gasteiger partial charge in [0.25, 0.3) is 0 Å². The van der Waals surface area contributed by atoms with Crippen LogP contribution in [0.5, 0.6) is 0 Å². The number of halogens is 1. The highest BCUT2D eigenvalue weighted by Gasteiger charge is 2.11. The molecule has 2 aromatic rings. The first kappa shape index (κ1) is 16.3. The summed E-state index contributed by atoms with van der Waals surface area (Å²) in [6.07, 6.45) is 3.29. The third kappa shape index (κ3) is 5.29. The summed E-state index contributed by atoms with van der Waals surface area (Å²) in [6.45, 7) is 5.45. The predicted molar refractivity (Wildman–Crippen MR) is 94.8 cm³/mol. The Hall–Kier alpha value is -1.12. The third-order valence-corrected chi connectivity index (χ3v) is 4.45.